The topological polar surface area (TPSA) is 56.3 Å². The average Bonchev–Trinajstić information content (AvgIpc) is 3.01. The Balaban J connectivity index is 1.48. The van der Waals surface area contributed by atoms with E-state index in [-0.39, 0.29) is 24.8 Å². The molecule has 0 spiro atoms. The molecule has 122 valence electrons. The van der Waals surface area contributed by atoms with Gasteiger partial charge in [-0.1, -0.05) is 40.2 Å². The molecular formula is C18H14BrNO3S. The molecule has 6 heteroatoms. The highest BCUT2D eigenvalue weighted by molar-refractivity contribution is 9.10. The Bertz CT molecular complexity index is 840. The molecular weight excluding hydrogens is 390 g/mol. The lowest BCUT2D eigenvalue weighted by Crippen LogP contribution is -2.14. The van der Waals surface area contributed by atoms with E-state index in [1.54, 1.807) is 35.6 Å². The maximum atomic E-state index is 11.9. The summed E-state index contributed by atoms with van der Waals surface area (Å²) in [4.78, 5) is 28.2. The molecule has 24 heavy (non-hydrogen) atoms. The summed E-state index contributed by atoms with van der Waals surface area (Å²) in [5.41, 5.74) is 1.47. The normalized spacial score (nSPS) is 10.7. The van der Waals surface area contributed by atoms with E-state index in [4.69, 9.17) is 4.74 Å². The van der Waals surface area contributed by atoms with Crippen LogP contribution in [-0.4, -0.2) is 23.3 Å². The summed E-state index contributed by atoms with van der Waals surface area (Å²) in [5.74, 6) is -0.601. The number of nitrogens with zero attached hydrogens (tertiary/aromatic N) is 1. The zero-order chi connectivity index (χ0) is 16.9. The van der Waals surface area contributed by atoms with Gasteiger partial charge in [-0.2, -0.15) is 0 Å². The number of esters is 1. The molecule has 3 rings (SSSR count). The van der Waals surface area contributed by atoms with E-state index >= 15 is 0 Å². The van der Waals surface area contributed by atoms with Crippen molar-refractivity contribution in [1.29, 1.82) is 0 Å². The van der Waals surface area contributed by atoms with Crippen LogP contribution in [0.25, 0.3) is 10.2 Å². The van der Waals surface area contributed by atoms with E-state index in [2.05, 4.69) is 20.9 Å². The fourth-order valence-electron chi connectivity index (χ4n) is 2.17. The van der Waals surface area contributed by atoms with E-state index in [0.717, 1.165) is 19.7 Å². The van der Waals surface area contributed by atoms with Gasteiger partial charge < -0.3 is 4.74 Å². The number of hydrogen-bond donors (Lipinski definition) is 0. The first kappa shape index (κ1) is 16.8. The van der Waals surface area contributed by atoms with E-state index in [1.807, 2.05) is 24.3 Å². The van der Waals surface area contributed by atoms with Gasteiger partial charge in [-0.05, 0) is 24.3 Å². The third kappa shape index (κ3) is 4.27. The first-order chi connectivity index (χ1) is 11.6. The molecule has 0 N–H and O–H groups in total. The molecule has 0 saturated carbocycles. The van der Waals surface area contributed by atoms with Crippen LogP contribution >= 0.6 is 27.3 Å². The van der Waals surface area contributed by atoms with E-state index < -0.39 is 0 Å². The van der Waals surface area contributed by atoms with Crippen molar-refractivity contribution in [3.8, 4) is 0 Å². The zero-order valence-corrected chi connectivity index (χ0v) is 15.1. The monoisotopic (exact) mass is 403 g/mol. The third-order valence-corrected chi connectivity index (χ3v) is 5.04. The fraction of sp³-hybridized carbons (Fsp3) is 0.167. The Hall–Kier alpha value is -2.05. The predicted molar refractivity (Wildman–Crippen MR) is 97.4 cm³/mol. The van der Waals surface area contributed by atoms with Crippen molar-refractivity contribution in [3.05, 3.63) is 63.6 Å². The van der Waals surface area contributed by atoms with Gasteiger partial charge in [-0.3, -0.25) is 9.59 Å². The van der Waals surface area contributed by atoms with Crippen molar-refractivity contribution in [2.75, 3.05) is 6.61 Å². The first-order valence-corrected chi connectivity index (χ1v) is 9.01. The van der Waals surface area contributed by atoms with Gasteiger partial charge in [0, 0.05) is 16.5 Å². The number of carbonyl (C=O) groups is 2. The van der Waals surface area contributed by atoms with Crippen molar-refractivity contribution in [3.63, 3.8) is 0 Å². The van der Waals surface area contributed by atoms with Crippen molar-refractivity contribution >= 4 is 49.2 Å². The minimum absolute atomic E-state index is 0.212. The first-order valence-electron chi connectivity index (χ1n) is 7.40. The predicted octanol–water partition coefficient (Wildman–Crippen LogP) is 4.42. The summed E-state index contributed by atoms with van der Waals surface area (Å²) >= 11 is 4.88. The number of ether oxygens (including phenoxy) is 1. The smallest absolute Gasteiger partial charge is 0.306 e. The highest BCUT2D eigenvalue weighted by Gasteiger charge is 2.11. The number of Topliss-reactive ketones (excluding diaryl/α,β-unsaturated/α-hetero) is 1. The molecule has 0 aliphatic rings. The van der Waals surface area contributed by atoms with Crippen LogP contribution in [0.1, 0.15) is 21.8 Å². The summed E-state index contributed by atoms with van der Waals surface area (Å²) in [6.45, 7) is -0.236. The van der Waals surface area contributed by atoms with Crippen LogP contribution in [-0.2, 0) is 16.0 Å². The van der Waals surface area contributed by atoms with E-state index in [0.29, 0.717) is 12.0 Å². The fourth-order valence-corrected chi connectivity index (χ4v) is 3.40. The molecule has 0 bridgehead atoms. The summed E-state index contributed by atoms with van der Waals surface area (Å²) in [6, 6.07) is 14.8. The molecule has 0 radical (unpaired) electrons. The SMILES string of the molecule is O=C(CCc1nc2ccccc2s1)OCC(=O)c1ccc(Br)cc1. The molecule has 0 atom stereocenters. The lowest BCUT2D eigenvalue weighted by atomic mass is 10.1. The molecule has 4 nitrogen and oxygen atoms in total. The number of benzene rings is 2. The van der Waals surface area contributed by atoms with E-state index in [1.165, 1.54) is 0 Å². The Morgan fingerprint density at radius 2 is 1.83 bits per heavy atom. The number of fused-ring (bicyclic) bond motifs is 1. The summed E-state index contributed by atoms with van der Waals surface area (Å²) in [5, 5.41) is 0.896. The summed E-state index contributed by atoms with van der Waals surface area (Å²) in [6.07, 6.45) is 0.734. The van der Waals surface area contributed by atoms with Crippen LogP contribution in [0.3, 0.4) is 0 Å². The molecule has 3 aromatic rings. The van der Waals surface area contributed by atoms with Crippen LogP contribution in [0.2, 0.25) is 0 Å². The minimum atomic E-state index is -0.389. The highest BCUT2D eigenvalue weighted by atomic mass is 79.9. The van der Waals surface area contributed by atoms with Gasteiger partial charge in [0.15, 0.2) is 12.4 Å². The number of aromatic nitrogens is 1. The van der Waals surface area contributed by atoms with Gasteiger partial charge >= 0.3 is 5.97 Å². The second-order valence-electron chi connectivity index (χ2n) is 5.17. The van der Waals surface area contributed by atoms with Crippen molar-refractivity contribution in [2.24, 2.45) is 0 Å². The molecule has 0 fully saturated rings. The van der Waals surface area contributed by atoms with Crippen molar-refractivity contribution in [1.82, 2.24) is 4.98 Å². The van der Waals surface area contributed by atoms with E-state index in [9.17, 15) is 9.59 Å². The maximum Gasteiger partial charge on any atom is 0.306 e. The molecule has 0 unspecified atom stereocenters. The number of rotatable bonds is 6. The van der Waals surface area contributed by atoms with Crippen molar-refractivity contribution in [2.45, 2.75) is 12.8 Å². The van der Waals surface area contributed by atoms with Gasteiger partial charge in [0.25, 0.3) is 0 Å². The Morgan fingerprint density at radius 1 is 1.08 bits per heavy atom. The number of hydrogen-bond acceptors (Lipinski definition) is 5. The minimum Gasteiger partial charge on any atom is -0.457 e. The average molecular weight is 404 g/mol. The summed E-state index contributed by atoms with van der Waals surface area (Å²) < 4.78 is 7.06. The van der Waals surface area contributed by atoms with Crippen LogP contribution in [0.5, 0.6) is 0 Å². The Labute approximate surface area is 151 Å². The standard InChI is InChI=1S/C18H14BrNO3S/c19-13-7-5-12(6-8-13)15(21)11-23-18(22)10-9-17-20-14-3-1-2-4-16(14)24-17/h1-8H,9-11H2. The molecule has 1 heterocycles. The van der Waals surface area contributed by atoms with Gasteiger partial charge in [0.1, 0.15) is 0 Å². The lowest BCUT2D eigenvalue weighted by Gasteiger charge is -2.04. The largest absolute Gasteiger partial charge is 0.457 e. The molecule has 0 amide bonds. The number of ketones is 1. The number of halogens is 1. The quantitative estimate of drug-likeness (QED) is 0.451. The number of aryl methyl sites for hydroxylation is 1. The van der Waals surface area contributed by atoms with Gasteiger partial charge in [0.05, 0.1) is 21.6 Å². The van der Waals surface area contributed by atoms with Crippen LogP contribution < -0.4 is 0 Å². The Kier molecular flexibility index (Phi) is 5.37. The number of thiazole rings is 1. The summed E-state index contributed by atoms with van der Waals surface area (Å²) in [7, 11) is 0. The maximum absolute atomic E-state index is 11.9. The zero-order valence-electron chi connectivity index (χ0n) is 12.7. The number of para-hydroxylation sites is 1. The van der Waals surface area contributed by atoms with Crippen molar-refractivity contribution < 1.29 is 14.3 Å². The second-order valence-corrected chi connectivity index (χ2v) is 7.20. The molecule has 2 aromatic carbocycles. The molecule has 1 aromatic heterocycles. The molecule has 0 aliphatic heterocycles. The van der Waals surface area contributed by atoms with Crippen LogP contribution in [0.4, 0.5) is 0 Å². The van der Waals surface area contributed by atoms with Gasteiger partial charge in [0.2, 0.25) is 0 Å². The van der Waals surface area contributed by atoms with Crippen LogP contribution in [0.15, 0.2) is 53.0 Å². The van der Waals surface area contributed by atoms with Gasteiger partial charge in [-0.25, -0.2) is 4.98 Å². The lowest BCUT2D eigenvalue weighted by molar-refractivity contribution is -0.142. The second kappa shape index (κ2) is 7.68. The Morgan fingerprint density at radius 3 is 2.58 bits per heavy atom. The molecule has 0 saturated heterocycles. The van der Waals surface area contributed by atoms with Crippen LogP contribution in [0, 0.1) is 0 Å². The number of carbonyl (C=O) groups excluding carboxylic acids is 2. The molecule has 0 aliphatic carbocycles. The third-order valence-electron chi connectivity index (χ3n) is 3.41. The van der Waals surface area contributed by atoms with Gasteiger partial charge in [-0.15, -0.1) is 11.3 Å². The highest BCUT2D eigenvalue weighted by Crippen LogP contribution is 2.22.